The van der Waals surface area contributed by atoms with Crippen LogP contribution in [0, 0.1) is 13.5 Å². The van der Waals surface area contributed by atoms with Gasteiger partial charge in [0.1, 0.15) is 18.2 Å². The minimum atomic E-state index is -2.58. The van der Waals surface area contributed by atoms with Crippen molar-refractivity contribution in [3.05, 3.63) is 95.4 Å². The van der Waals surface area contributed by atoms with E-state index in [0.717, 1.165) is 33.0 Å². The zero-order valence-corrected chi connectivity index (χ0v) is 18.2. The van der Waals surface area contributed by atoms with Crippen LogP contribution in [0.3, 0.4) is 0 Å². The molecule has 156 valence electrons. The molecular weight excluding hydrogens is 392 g/mol. The zero-order chi connectivity index (χ0) is 26.7. The first-order chi connectivity index (χ1) is 17.5. The fourth-order valence-electron chi connectivity index (χ4n) is 4.29. The van der Waals surface area contributed by atoms with Gasteiger partial charge in [0.2, 0.25) is 5.69 Å². The summed E-state index contributed by atoms with van der Waals surface area (Å²) in [6.07, 6.45) is 1.56. The number of pyridine rings is 1. The van der Waals surface area contributed by atoms with Crippen molar-refractivity contribution >= 4 is 27.6 Å². The third-order valence-corrected chi connectivity index (χ3v) is 5.91. The van der Waals surface area contributed by atoms with Gasteiger partial charge < -0.3 is 4.42 Å². The predicted octanol–water partition coefficient (Wildman–Crippen LogP) is 7.73. The molecule has 0 saturated carbocycles. The largest absolute Gasteiger partial charge is 0.456 e. The number of hydrogen-bond acceptors (Lipinski definition) is 1. The molecule has 0 amide bonds. The fraction of sp³-hybridized carbons (Fsp3) is 0.172. The molecule has 0 aliphatic rings. The molecule has 5 aromatic rings. The zero-order valence-electron chi connectivity index (χ0n) is 23.2. The number of aromatic nitrogens is 1. The highest BCUT2D eigenvalue weighted by Gasteiger charge is 2.23. The van der Waals surface area contributed by atoms with Crippen LogP contribution in [0.5, 0.6) is 0 Å². The van der Waals surface area contributed by atoms with Crippen LogP contribution in [0.4, 0.5) is 5.69 Å². The second-order valence-electron chi connectivity index (χ2n) is 8.00. The first kappa shape index (κ1) is 15.0. The van der Waals surface area contributed by atoms with E-state index in [-0.39, 0.29) is 11.6 Å². The quantitative estimate of drug-likeness (QED) is 0.215. The lowest BCUT2D eigenvalue weighted by atomic mass is 9.97. The van der Waals surface area contributed by atoms with Gasteiger partial charge in [-0.05, 0) is 30.0 Å². The average molecular weight is 423 g/mol. The lowest BCUT2D eigenvalue weighted by molar-refractivity contribution is -0.660. The van der Waals surface area contributed by atoms with Gasteiger partial charge in [-0.1, -0.05) is 68.4 Å². The Kier molecular flexibility index (Phi) is 3.59. The van der Waals surface area contributed by atoms with Gasteiger partial charge in [0.15, 0.2) is 11.9 Å². The standard InChI is InChI=1S/C29H25N2O/c1-18(2)21-12-16-25(31(5)17-21)26-19(3)11-13-22-23-14-15-24(30-4)27(29(23)32-28(22)26)20-9-7-6-8-10-20/h6-18H,1-3,5H3/q+1/i1D3,12D,18D. The molecule has 0 spiro atoms. The van der Waals surface area contributed by atoms with Gasteiger partial charge in [-0.3, -0.25) is 0 Å². The molecule has 1 unspecified atom stereocenters. The fourth-order valence-corrected chi connectivity index (χ4v) is 4.29. The van der Waals surface area contributed by atoms with E-state index >= 15 is 0 Å². The lowest BCUT2D eigenvalue weighted by Crippen LogP contribution is -2.31. The number of hydrogen-bond donors (Lipinski definition) is 0. The molecular formula is C29H25N2O+. The molecule has 2 aromatic heterocycles. The van der Waals surface area contributed by atoms with E-state index in [9.17, 15) is 0 Å². The molecule has 5 rings (SSSR count). The van der Waals surface area contributed by atoms with Gasteiger partial charge >= 0.3 is 0 Å². The van der Waals surface area contributed by atoms with Gasteiger partial charge in [0.05, 0.1) is 13.5 Å². The van der Waals surface area contributed by atoms with E-state index in [1.807, 2.05) is 61.5 Å². The molecule has 0 radical (unpaired) electrons. The predicted molar refractivity (Wildman–Crippen MR) is 131 cm³/mol. The summed E-state index contributed by atoms with van der Waals surface area (Å²) in [5.74, 6) is -1.93. The highest BCUT2D eigenvalue weighted by atomic mass is 16.3. The molecule has 32 heavy (non-hydrogen) atoms. The normalized spacial score (nSPS) is 15.9. The smallest absolute Gasteiger partial charge is 0.216 e. The van der Waals surface area contributed by atoms with Crippen molar-refractivity contribution in [1.29, 1.82) is 0 Å². The summed E-state index contributed by atoms with van der Waals surface area (Å²) < 4.78 is 48.8. The molecule has 0 N–H and O–H groups in total. The minimum absolute atomic E-state index is 0.0190. The van der Waals surface area contributed by atoms with Gasteiger partial charge in [0, 0.05) is 33.4 Å². The Labute approximate surface area is 195 Å². The van der Waals surface area contributed by atoms with Crippen LogP contribution in [-0.4, -0.2) is 0 Å². The second-order valence-corrected chi connectivity index (χ2v) is 8.00. The number of aryl methyl sites for hydroxylation is 2. The van der Waals surface area contributed by atoms with Crippen LogP contribution in [-0.2, 0) is 7.05 Å². The lowest BCUT2D eigenvalue weighted by Gasteiger charge is -2.08. The van der Waals surface area contributed by atoms with E-state index in [2.05, 4.69) is 4.85 Å². The first-order valence-corrected chi connectivity index (χ1v) is 10.4. The summed E-state index contributed by atoms with van der Waals surface area (Å²) in [4.78, 5) is 3.74. The summed E-state index contributed by atoms with van der Waals surface area (Å²) in [6, 6.07) is 19.0. The van der Waals surface area contributed by atoms with Gasteiger partial charge in [-0.2, -0.15) is 0 Å². The number of rotatable bonds is 3. The summed E-state index contributed by atoms with van der Waals surface area (Å²) in [6.45, 7) is 8.42. The topological polar surface area (TPSA) is 21.4 Å². The Balaban J connectivity index is 1.82. The van der Waals surface area contributed by atoms with Crippen molar-refractivity contribution in [2.24, 2.45) is 7.05 Å². The maximum Gasteiger partial charge on any atom is 0.216 e. The van der Waals surface area contributed by atoms with Crippen molar-refractivity contribution < 1.29 is 15.8 Å². The van der Waals surface area contributed by atoms with Crippen molar-refractivity contribution in [2.75, 3.05) is 0 Å². The van der Waals surface area contributed by atoms with Crippen LogP contribution in [0.15, 0.2) is 77.3 Å². The summed E-state index contributed by atoms with van der Waals surface area (Å²) in [7, 11) is 1.78. The van der Waals surface area contributed by atoms with Gasteiger partial charge in [0.25, 0.3) is 0 Å². The molecule has 2 heterocycles. The molecule has 0 fully saturated rings. The summed E-state index contributed by atoms with van der Waals surface area (Å²) in [5, 5.41) is 1.77. The Bertz CT molecular complexity index is 1730. The average Bonchev–Trinajstić information content (AvgIpc) is 3.23. The second kappa shape index (κ2) is 7.66. The monoisotopic (exact) mass is 422 g/mol. The molecule has 1 atom stereocenters. The SMILES string of the molecule is [2H]c1cc(-c2c(C)ccc3c2oc2c(-c4ccccc4)c([N+]#[C-])ccc23)[n+](C)cc1C([2H])(C)C([2H])([2H])[2H]. The van der Waals surface area contributed by atoms with E-state index in [1.54, 1.807) is 23.9 Å². The Morgan fingerprint density at radius 3 is 2.47 bits per heavy atom. The van der Waals surface area contributed by atoms with Crippen molar-refractivity contribution in [3.8, 4) is 22.4 Å². The number of furan rings is 1. The van der Waals surface area contributed by atoms with Crippen LogP contribution in [0.1, 0.15) is 37.7 Å². The molecule has 3 nitrogen and oxygen atoms in total. The van der Waals surface area contributed by atoms with E-state index in [4.69, 9.17) is 17.8 Å². The number of fused-ring (bicyclic) bond motifs is 3. The Morgan fingerprint density at radius 1 is 1.03 bits per heavy atom. The van der Waals surface area contributed by atoms with Crippen LogP contribution in [0.25, 0.3) is 49.2 Å². The van der Waals surface area contributed by atoms with Gasteiger partial charge in [-0.25, -0.2) is 9.41 Å². The summed E-state index contributed by atoms with van der Waals surface area (Å²) in [5.41, 5.74) is 5.86. The third kappa shape index (κ3) is 3.08. The Morgan fingerprint density at radius 2 is 1.75 bits per heavy atom. The first-order valence-electron chi connectivity index (χ1n) is 12.9. The van der Waals surface area contributed by atoms with Crippen molar-refractivity contribution in [3.63, 3.8) is 0 Å². The summed E-state index contributed by atoms with van der Waals surface area (Å²) >= 11 is 0. The Hall–Kier alpha value is -3.90. The molecule has 0 aliphatic carbocycles. The molecule has 0 saturated heterocycles. The van der Waals surface area contributed by atoms with Crippen LogP contribution in [0.2, 0.25) is 0 Å². The van der Waals surface area contributed by atoms with Crippen LogP contribution < -0.4 is 4.57 Å². The van der Waals surface area contributed by atoms with Crippen LogP contribution >= 0.6 is 0 Å². The van der Waals surface area contributed by atoms with Crippen molar-refractivity contribution in [2.45, 2.75) is 26.6 Å². The molecule has 3 aromatic carbocycles. The molecule has 0 bridgehead atoms. The molecule has 3 heteroatoms. The number of nitrogens with zero attached hydrogens (tertiary/aromatic N) is 2. The van der Waals surface area contributed by atoms with E-state index < -0.39 is 12.7 Å². The number of benzene rings is 3. The maximum absolute atomic E-state index is 8.63. The minimum Gasteiger partial charge on any atom is -0.456 e. The third-order valence-electron chi connectivity index (χ3n) is 5.91. The van der Waals surface area contributed by atoms with Gasteiger partial charge in [-0.15, -0.1) is 0 Å². The van der Waals surface area contributed by atoms with E-state index in [1.165, 1.54) is 6.92 Å². The van der Waals surface area contributed by atoms with Crippen molar-refractivity contribution in [1.82, 2.24) is 0 Å². The highest BCUT2D eigenvalue weighted by Crippen LogP contribution is 2.44. The molecule has 0 aliphatic heterocycles. The maximum atomic E-state index is 8.63. The van der Waals surface area contributed by atoms with E-state index in [0.29, 0.717) is 22.5 Å². The highest BCUT2D eigenvalue weighted by molar-refractivity contribution is 6.15.